The number of benzene rings is 5. The van der Waals surface area contributed by atoms with Gasteiger partial charge in [0.1, 0.15) is 6.04 Å². The Hall–Kier alpha value is -4.12. The standard InChI is InChI=1S/C33H25Cl2NO3/c34-29-18-17-26(20-30(29)35)32(37)36(21-27-11-6-10-25-9-4-5-12-28(25)27)31(33(38)39)19-22-13-15-24(16-14-22)23-7-2-1-3-8-23/h1-18,20,31H,19,21H2,(H,38,39). The molecule has 1 N–H and O–H groups in total. The predicted molar refractivity (Wildman–Crippen MR) is 157 cm³/mol. The maximum Gasteiger partial charge on any atom is 0.326 e. The Morgan fingerprint density at radius 2 is 1.38 bits per heavy atom. The van der Waals surface area contributed by atoms with E-state index in [9.17, 15) is 14.7 Å². The molecule has 0 aromatic heterocycles. The van der Waals surface area contributed by atoms with Crippen LogP contribution in [0.5, 0.6) is 0 Å². The molecular weight excluding hydrogens is 529 g/mol. The molecule has 0 radical (unpaired) electrons. The van der Waals surface area contributed by atoms with Gasteiger partial charge in [0, 0.05) is 18.5 Å². The van der Waals surface area contributed by atoms with E-state index in [1.54, 1.807) is 12.1 Å². The molecule has 0 aliphatic heterocycles. The van der Waals surface area contributed by atoms with Crippen molar-refractivity contribution < 1.29 is 14.7 Å². The van der Waals surface area contributed by atoms with Crippen molar-refractivity contribution in [3.63, 3.8) is 0 Å². The third-order valence-electron chi connectivity index (χ3n) is 6.80. The van der Waals surface area contributed by atoms with Gasteiger partial charge < -0.3 is 10.0 Å². The number of rotatable bonds is 8. The lowest BCUT2D eigenvalue weighted by Gasteiger charge is -2.30. The van der Waals surface area contributed by atoms with E-state index in [1.165, 1.54) is 11.0 Å². The Labute approximate surface area is 237 Å². The smallest absolute Gasteiger partial charge is 0.326 e. The lowest BCUT2D eigenvalue weighted by molar-refractivity contribution is -0.142. The highest BCUT2D eigenvalue weighted by atomic mass is 35.5. The highest BCUT2D eigenvalue weighted by Gasteiger charge is 2.31. The van der Waals surface area contributed by atoms with Gasteiger partial charge in [-0.25, -0.2) is 4.79 Å². The fraction of sp³-hybridized carbons (Fsp3) is 0.0909. The minimum atomic E-state index is -1.12. The highest BCUT2D eigenvalue weighted by Crippen LogP contribution is 2.27. The van der Waals surface area contributed by atoms with Crippen LogP contribution in [0.2, 0.25) is 10.0 Å². The molecule has 0 bridgehead atoms. The van der Waals surface area contributed by atoms with Crippen LogP contribution in [0.1, 0.15) is 21.5 Å². The van der Waals surface area contributed by atoms with Gasteiger partial charge in [0.2, 0.25) is 0 Å². The van der Waals surface area contributed by atoms with E-state index in [1.807, 2.05) is 97.1 Å². The second kappa shape index (κ2) is 11.7. The van der Waals surface area contributed by atoms with Crippen LogP contribution in [0, 0.1) is 0 Å². The first-order valence-electron chi connectivity index (χ1n) is 12.5. The summed E-state index contributed by atoms with van der Waals surface area (Å²) in [6.07, 6.45) is 0.141. The molecule has 0 spiro atoms. The van der Waals surface area contributed by atoms with Crippen LogP contribution in [0.15, 0.2) is 115 Å². The molecule has 1 amide bonds. The molecule has 6 heteroatoms. The summed E-state index contributed by atoms with van der Waals surface area (Å²) in [5.74, 6) is -1.52. The molecule has 0 saturated carbocycles. The number of nitrogens with zero attached hydrogens (tertiary/aromatic N) is 1. The number of aliphatic carboxylic acids is 1. The zero-order chi connectivity index (χ0) is 27.4. The number of carbonyl (C=O) groups excluding carboxylic acids is 1. The summed E-state index contributed by atoms with van der Waals surface area (Å²) in [4.78, 5) is 28.0. The summed E-state index contributed by atoms with van der Waals surface area (Å²) in [5.41, 5.74) is 4.05. The van der Waals surface area contributed by atoms with Gasteiger partial charge in [-0.1, -0.05) is 120 Å². The van der Waals surface area contributed by atoms with Gasteiger partial charge in [-0.3, -0.25) is 4.79 Å². The summed E-state index contributed by atoms with van der Waals surface area (Å²) in [5, 5.41) is 12.9. The monoisotopic (exact) mass is 553 g/mol. The van der Waals surface area contributed by atoms with Crippen LogP contribution in [0.3, 0.4) is 0 Å². The molecule has 5 aromatic rings. The van der Waals surface area contributed by atoms with Gasteiger partial charge in [0.15, 0.2) is 0 Å². The number of amides is 1. The minimum absolute atomic E-state index is 0.111. The maximum atomic E-state index is 13.9. The van der Waals surface area contributed by atoms with Crippen LogP contribution >= 0.6 is 23.2 Å². The van der Waals surface area contributed by atoms with Crippen LogP contribution in [-0.4, -0.2) is 27.9 Å². The first-order valence-corrected chi connectivity index (χ1v) is 13.3. The Bertz CT molecular complexity index is 1630. The summed E-state index contributed by atoms with van der Waals surface area (Å²) in [6, 6.07) is 34.9. The van der Waals surface area contributed by atoms with Crippen molar-refractivity contribution in [2.45, 2.75) is 19.0 Å². The number of carboxylic acid groups (broad SMARTS) is 1. The summed E-state index contributed by atoms with van der Waals surface area (Å²) >= 11 is 12.3. The average molecular weight is 554 g/mol. The quantitative estimate of drug-likeness (QED) is 0.211. The molecule has 0 fully saturated rings. The number of hydrogen-bond acceptors (Lipinski definition) is 2. The molecule has 0 heterocycles. The van der Waals surface area contributed by atoms with Crippen molar-refractivity contribution in [3.05, 3.63) is 142 Å². The third kappa shape index (κ3) is 5.98. The van der Waals surface area contributed by atoms with E-state index in [4.69, 9.17) is 23.2 Å². The molecule has 5 aromatic carbocycles. The Kier molecular flexibility index (Phi) is 7.97. The second-order valence-corrected chi connectivity index (χ2v) is 10.1. The average Bonchev–Trinajstić information content (AvgIpc) is 2.96. The van der Waals surface area contributed by atoms with Crippen molar-refractivity contribution in [3.8, 4) is 11.1 Å². The van der Waals surface area contributed by atoms with E-state index in [0.717, 1.165) is 33.0 Å². The molecular formula is C33H25Cl2NO3. The van der Waals surface area contributed by atoms with Gasteiger partial charge >= 0.3 is 5.97 Å². The van der Waals surface area contributed by atoms with Crippen molar-refractivity contribution in [1.29, 1.82) is 0 Å². The SMILES string of the molecule is O=C(O)C(Cc1ccc(-c2ccccc2)cc1)N(Cc1cccc2ccccc12)C(=O)c1ccc(Cl)c(Cl)c1. The number of fused-ring (bicyclic) bond motifs is 1. The van der Waals surface area contributed by atoms with E-state index in [0.29, 0.717) is 5.02 Å². The highest BCUT2D eigenvalue weighted by molar-refractivity contribution is 6.42. The molecule has 39 heavy (non-hydrogen) atoms. The van der Waals surface area contributed by atoms with Crippen molar-refractivity contribution in [2.75, 3.05) is 0 Å². The van der Waals surface area contributed by atoms with Gasteiger partial charge in [-0.15, -0.1) is 0 Å². The minimum Gasteiger partial charge on any atom is -0.480 e. The van der Waals surface area contributed by atoms with Crippen LogP contribution < -0.4 is 0 Å². The summed E-state index contributed by atoms with van der Waals surface area (Å²) in [6.45, 7) is 0.111. The Balaban J connectivity index is 1.52. The lowest BCUT2D eigenvalue weighted by Crippen LogP contribution is -2.46. The second-order valence-electron chi connectivity index (χ2n) is 9.32. The third-order valence-corrected chi connectivity index (χ3v) is 7.54. The number of carbonyl (C=O) groups is 2. The molecule has 0 aliphatic rings. The number of hydrogen-bond donors (Lipinski definition) is 1. The largest absolute Gasteiger partial charge is 0.480 e. The maximum absolute atomic E-state index is 13.9. The Morgan fingerprint density at radius 3 is 2.10 bits per heavy atom. The fourth-order valence-corrected chi connectivity index (χ4v) is 5.05. The molecule has 1 atom stereocenters. The first-order chi connectivity index (χ1) is 18.9. The fourth-order valence-electron chi connectivity index (χ4n) is 4.75. The van der Waals surface area contributed by atoms with Crippen LogP contribution in [0.4, 0.5) is 0 Å². The van der Waals surface area contributed by atoms with Gasteiger partial charge in [0.05, 0.1) is 10.0 Å². The lowest BCUT2D eigenvalue weighted by atomic mass is 9.98. The predicted octanol–water partition coefficient (Wildman–Crippen LogP) is 8.15. The molecule has 4 nitrogen and oxygen atoms in total. The van der Waals surface area contributed by atoms with Crippen molar-refractivity contribution in [2.24, 2.45) is 0 Å². The molecule has 0 saturated heterocycles. The molecule has 194 valence electrons. The summed E-state index contributed by atoms with van der Waals surface area (Å²) < 4.78 is 0. The van der Waals surface area contributed by atoms with Crippen LogP contribution in [-0.2, 0) is 17.8 Å². The van der Waals surface area contributed by atoms with Gasteiger partial charge in [-0.05, 0) is 51.2 Å². The Morgan fingerprint density at radius 1 is 0.718 bits per heavy atom. The van der Waals surface area contributed by atoms with Crippen molar-refractivity contribution in [1.82, 2.24) is 4.90 Å². The van der Waals surface area contributed by atoms with Gasteiger partial charge in [0.25, 0.3) is 5.91 Å². The van der Waals surface area contributed by atoms with E-state index in [2.05, 4.69) is 0 Å². The zero-order valence-corrected chi connectivity index (χ0v) is 22.4. The van der Waals surface area contributed by atoms with E-state index in [-0.39, 0.29) is 23.6 Å². The number of carboxylic acids is 1. The zero-order valence-electron chi connectivity index (χ0n) is 20.9. The van der Waals surface area contributed by atoms with Crippen molar-refractivity contribution >= 4 is 45.9 Å². The first kappa shape index (κ1) is 26.5. The normalized spacial score (nSPS) is 11.7. The molecule has 1 unspecified atom stereocenters. The number of halogens is 2. The van der Waals surface area contributed by atoms with Crippen LogP contribution in [0.25, 0.3) is 21.9 Å². The summed E-state index contributed by atoms with van der Waals surface area (Å²) in [7, 11) is 0. The van der Waals surface area contributed by atoms with E-state index >= 15 is 0 Å². The molecule has 0 aliphatic carbocycles. The molecule has 5 rings (SSSR count). The topological polar surface area (TPSA) is 57.6 Å². The van der Waals surface area contributed by atoms with Gasteiger partial charge in [-0.2, -0.15) is 0 Å². The van der Waals surface area contributed by atoms with E-state index < -0.39 is 17.9 Å².